The van der Waals surface area contributed by atoms with Gasteiger partial charge in [0.2, 0.25) is 0 Å². The highest BCUT2D eigenvalue weighted by Crippen LogP contribution is 2.45. The van der Waals surface area contributed by atoms with Crippen molar-refractivity contribution in [3.63, 3.8) is 0 Å². The molecule has 6 rings (SSSR count). The lowest BCUT2D eigenvalue weighted by molar-refractivity contribution is -0.137. The molecule has 2 atom stereocenters. The number of ether oxygens (including phenoxy) is 1. The Hall–Kier alpha value is -4.52. The van der Waals surface area contributed by atoms with Crippen molar-refractivity contribution in [1.82, 2.24) is 0 Å². The van der Waals surface area contributed by atoms with Crippen LogP contribution in [0, 0.1) is 0 Å². The van der Waals surface area contributed by atoms with Crippen LogP contribution in [0.3, 0.4) is 0 Å². The summed E-state index contributed by atoms with van der Waals surface area (Å²) < 4.78 is 49.9. The third-order valence-corrected chi connectivity index (χ3v) is 7.62. The van der Waals surface area contributed by atoms with Crippen LogP contribution in [0.25, 0.3) is 11.0 Å². The van der Waals surface area contributed by atoms with Crippen molar-refractivity contribution in [2.75, 3.05) is 0 Å². The fourth-order valence-corrected chi connectivity index (χ4v) is 5.59. The van der Waals surface area contributed by atoms with Crippen LogP contribution < -0.4 is 10.2 Å². The Kier molecular flexibility index (Phi) is 6.58. The lowest BCUT2D eigenvalue weighted by Gasteiger charge is -2.32. The second kappa shape index (κ2) is 10.2. The van der Waals surface area contributed by atoms with E-state index in [1.165, 1.54) is 12.1 Å². The van der Waals surface area contributed by atoms with E-state index in [-0.39, 0.29) is 35.4 Å². The van der Waals surface area contributed by atoms with Crippen molar-refractivity contribution in [3.05, 3.63) is 141 Å². The van der Waals surface area contributed by atoms with E-state index in [9.17, 15) is 23.1 Å². The predicted molar refractivity (Wildman–Crippen MR) is 146 cm³/mol. The first kappa shape index (κ1) is 25.7. The van der Waals surface area contributed by atoms with Gasteiger partial charge in [0.1, 0.15) is 17.9 Å². The summed E-state index contributed by atoms with van der Waals surface area (Å²) >= 11 is 0. The summed E-state index contributed by atoms with van der Waals surface area (Å²) in [5.74, 6) is -0.0130. The predicted octanol–water partition coefficient (Wildman–Crippen LogP) is 7.96. The number of benzene rings is 4. The van der Waals surface area contributed by atoms with Crippen molar-refractivity contribution in [3.8, 4) is 11.7 Å². The minimum atomic E-state index is -4.37. The Labute approximate surface area is 228 Å². The zero-order valence-electron chi connectivity index (χ0n) is 21.3. The number of rotatable bonds is 5. The van der Waals surface area contributed by atoms with Gasteiger partial charge in [-0.3, -0.25) is 4.79 Å². The summed E-state index contributed by atoms with van der Waals surface area (Å²) in [6.07, 6.45) is -2.98. The van der Waals surface area contributed by atoms with Crippen LogP contribution in [0.15, 0.2) is 106 Å². The van der Waals surface area contributed by atoms with Gasteiger partial charge >= 0.3 is 6.18 Å². The van der Waals surface area contributed by atoms with E-state index < -0.39 is 11.7 Å². The highest BCUT2D eigenvalue weighted by Gasteiger charge is 2.33. The van der Waals surface area contributed by atoms with Crippen molar-refractivity contribution in [1.29, 1.82) is 0 Å². The zero-order chi connectivity index (χ0) is 27.9. The topological polar surface area (TPSA) is 59.7 Å². The molecule has 1 N–H and O–H groups in total. The molecule has 0 radical (unpaired) electrons. The molecule has 1 aliphatic carbocycles. The van der Waals surface area contributed by atoms with Crippen molar-refractivity contribution < 1.29 is 27.4 Å². The largest absolute Gasteiger partial charge is 0.489 e. The van der Waals surface area contributed by atoms with Gasteiger partial charge in [0, 0.05) is 5.92 Å². The molecule has 2 unspecified atom stereocenters. The number of para-hydroxylation sites is 1. The number of alkyl halides is 3. The number of hydrogen-bond donors (Lipinski definition) is 1. The summed E-state index contributed by atoms with van der Waals surface area (Å²) in [6.45, 7) is 0.146. The third kappa shape index (κ3) is 4.95. The second-order valence-electron chi connectivity index (χ2n) is 10.1. The number of halogens is 3. The fraction of sp³-hybridized carbons (Fsp3) is 0.182. The summed E-state index contributed by atoms with van der Waals surface area (Å²) in [5.41, 5.74) is 3.51. The molecule has 1 aliphatic rings. The molecule has 4 aromatic carbocycles. The maximum absolute atomic E-state index is 13.5. The maximum Gasteiger partial charge on any atom is 0.416 e. The molecule has 4 nitrogen and oxygen atoms in total. The summed E-state index contributed by atoms with van der Waals surface area (Å²) in [5, 5.41) is 11.3. The molecule has 0 fully saturated rings. The van der Waals surface area contributed by atoms with E-state index in [1.807, 2.05) is 42.5 Å². The molecule has 40 heavy (non-hydrogen) atoms. The number of fused-ring (bicyclic) bond motifs is 2. The minimum absolute atomic E-state index is 0.0779. The Morgan fingerprint density at radius 2 is 1.57 bits per heavy atom. The second-order valence-corrected chi connectivity index (χ2v) is 10.1. The molecule has 0 aliphatic heterocycles. The molecule has 5 aromatic rings. The van der Waals surface area contributed by atoms with Gasteiger partial charge in [0.25, 0.3) is 5.95 Å². The highest BCUT2D eigenvalue weighted by atomic mass is 19.4. The maximum atomic E-state index is 13.5. The van der Waals surface area contributed by atoms with E-state index >= 15 is 0 Å². The molecule has 1 aromatic heterocycles. The van der Waals surface area contributed by atoms with Gasteiger partial charge in [-0.25, -0.2) is 0 Å². The lowest BCUT2D eigenvalue weighted by Crippen LogP contribution is -2.23. The highest BCUT2D eigenvalue weighted by molar-refractivity contribution is 5.78. The molecule has 0 saturated heterocycles. The van der Waals surface area contributed by atoms with Crippen molar-refractivity contribution >= 4 is 11.0 Å². The van der Waals surface area contributed by atoms with Crippen LogP contribution in [0.2, 0.25) is 0 Å². The molecule has 202 valence electrons. The molecular formula is C33H25F3O4. The van der Waals surface area contributed by atoms with Crippen LogP contribution in [0.5, 0.6) is 11.7 Å². The summed E-state index contributed by atoms with van der Waals surface area (Å²) in [7, 11) is 0. The molecule has 1 heterocycles. The van der Waals surface area contributed by atoms with Gasteiger partial charge in [0.05, 0.1) is 16.5 Å². The van der Waals surface area contributed by atoms with Gasteiger partial charge < -0.3 is 14.3 Å². The van der Waals surface area contributed by atoms with Crippen LogP contribution in [-0.2, 0) is 19.2 Å². The van der Waals surface area contributed by atoms with Gasteiger partial charge in [0.15, 0.2) is 5.43 Å². The number of hydrogen-bond acceptors (Lipinski definition) is 4. The molecule has 0 saturated carbocycles. The van der Waals surface area contributed by atoms with Crippen LogP contribution in [0.4, 0.5) is 13.2 Å². The van der Waals surface area contributed by atoms with Crippen LogP contribution in [-0.4, -0.2) is 5.11 Å². The third-order valence-electron chi connectivity index (χ3n) is 7.62. The van der Waals surface area contributed by atoms with Crippen LogP contribution >= 0.6 is 0 Å². The molecule has 7 heteroatoms. The molecule has 0 spiro atoms. The first-order valence-electron chi connectivity index (χ1n) is 13.0. The first-order chi connectivity index (χ1) is 19.3. The van der Waals surface area contributed by atoms with Crippen molar-refractivity contribution in [2.45, 2.75) is 37.5 Å². The van der Waals surface area contributed by atoms with E-state index in [4.69, 9.17) is 9.15 Å². The van der Waals surface area contributed by atoms with Gasteiger partial charge in [-0.15, -0.1) is 0 Å². The Bertz CT molecular complexity index is 1720. The summed E-state index contributed by atoms with van der Waals surface area (Å²) in [4.78, 5) is 13.5. The Morgan fingerprint density at radius 1 is 0.875 bits per heavy atom. The quantitative estimate of drug-likeness (QED) is 0.245. The Morgan fingerprint density at radius 3 is 2.33 bits per heavy atom. The zero-order valence-corrected chi connectivity index (χ0v) is 21.3. The van der Waals surface area contributed by atoms with Crippen molar-refractivity contribution in [2.24, 2.45) is 0 Å². The number of aromatic hydroxyl groups is 1. The van der Waals surface area contributed by atoms with E-state index in [0.29, 0.717) is 28.7 Å². The SMILES string of the molecule is O=c1c(C2CC(c3ccc(OCc4ccc(C(F)(F)F)cc4)cc3)Cc3ccccc32)c(O)oc2ccccc12. The van der Waals surface area contributed by atoms with E-state index in [1.54, 1.807) is 24.3 Å². The molecule has 0 amide bonds. The van der Waals surface area contributed by atoms with E-state index in [0.717, 1.165) is 35.2 Å². The average molecular weight is 543 g/mol. The first-order valence-corrected chi connectivity index (χ1v) is 13.0. The van der Waals surface area contributed by atoms with Gasteiger partial charge in [-0.1, -0.05) is 60.7 Å². The minimum Gasteiger partial charge on any atom is -0.489 e. The monoisotopic (exact) mass is 542 g/mol. The lowest BCUT2D eigenvalue weighted by atomic mass is 9.72. The molecule has 0 bridgehead atoms. The summed E-state index contributed by atoms with van der Waals surface area (Å²) in [6, 6.07) is 27.4. The Balaban J connectivity index is 1.24. The smallest absolute Gasteiger partial charge is 0.416 e. The fourth-order valence-electron chi connectivity index (χ4n) is 5.59. The van der Waals surface area contributed by atoms with E-state index in [2.05, 4.69) is 6.07 Å². The van der Waals surface area contributed by atoms with Gasteiger partial charge in [-0.2, -0.15) is 13.2 Å². The van der Waals surface area contributed by atoms with Gasteiger partial charge in [-0.05, 0) is 77.4 Å². The normalized spacial score (nSPS) is 17.0. The van der Waals surface area contributed by atoms with Crippen LogP contribution in [0.1, 0.15) is 51.6 Å². The molecular weight excluding hydrogens is 517 g/mol. The standard InChI is InChI=1S/C33H25F3O4/c34-33(35,36)24-13-9-20(10-14-24)19-39-25-15-11-21(12-16-25)23-17-22-5-1-2-6-26(22)28(18-23)30-31(37)27-7-3-4-8-29(27)40-32(30)38/h1-16,23,28,38H,17-19H2. The average Bonchev–Trinajstić information content (AvgIpc) is 2.96.